The van der Waals surface area contributed by atoms with Crippen LogP contribution in [0.15, 0.2) is 77.7 Å². The lowest BCUT2D eigenvalue weighted by atomic mass is 10.1. The highest BCUT2D eigenvalue weighted by Crippen LogP contribution is 2.34. The normalized spacial score (nSPS) is 12.6. The van der Waals surface area contributed by atoms with Crippen molar-refractivity contribution in [1.82, 2.24) is 10.2 Å². The number of nitrogens with one attached hydrogen (secondary N) is 1. The van der Waals surface area contributed by atoms with Crippen molar-refractivity contribution in [2.75, 3.05) is 31.6 Å². The fraction of sp³-hybridized carbons (Fsp3) is 0.375. The lowest BCUT2D eigenvalue weighted by molar-refractivity contribution is -0.139. The molecule has 226 valence electrons. The second-order valence-electron chi connectivity index (χ2n) is 10.2. The molecule has 0 bridgehead atoms. The predicted octanol–water partition coefficient (Wildman–Crippen LogP) is 4.58. The van der Waals surface area contributed by atoms with Crippen LogP contribution in [0.2, 0.25) is 0 Å². The molecule has 9 nitrogen and oxygen atoms in total. The quantitative estimate of drug-likeness (QED) is 0.293. The van der Waals surface area contributed by atoms with Crippen LogP contribution in [0.4, 0.5) is 5.69 Å². The van der Waals surface area contributed by atoms with Gasteiger partial charge in [0, 0.05) is 18.7 Å². The fourth-order valence-electron chi connectivity index (χ4n) is 4.38. The number of carbonyl (C=O) groups excluding carboxylic acids is 2. The molecule has 42 heavy (non-hydrogen) atoms. The van der Waals surface area contributed by atoms with Crippen LogP contribution < -0.4 is 19.1 Å². The summed E-state index contributed by atoms with van der Waals surface area (Å²) in [6, 6.07) is 19.8. The van der Waals surface area contributed by atoms with Crippen molar-refractivity contribution in [1.29, 1.82) is 0 Å². The van der Waals surface area contributed by atoms with E-state index in [0.717, 1.165) is 21.9 Å². The Morgan fingerprint density at radius 1 is 0.905 bits per heavy atom. The van der Waals surface area contributed by atoms with E-state index in [1.54, 1.807) is 31.2 Å². The van der Waals surface area contributed by atoms with Crippen LogP contribution in [0.3, 0.4) is 0 Å². The van der Waals surface area contributed by atoms with Gasteiger partial charge in [-0.1, -0.05) is 55.0 Å². The molecule has 3 rings (SSSR count). The third kappa shape index (κ3) is 8.03. The lowest BCUT2D eigenvalue weighted by Crippen LogP contribution is -2.53. The van der Waals surface area contributed by atoms with Crippen molar-refractivity contribution in [2.24, 2.45) is 0 Å². The molecule has 0 heterocycles. The number of hydrogen-bond donors (Lipinski definition) is 1. The maximum absolute atomic E-state index is 14.0. The number of methoxy groups -OCH3 is 2. The van der Waals surface area contributed by atoms with E-state index in [1.165, 1.54) is 37.3 Å². The van der Waals surface area contributed by atoms with Crippen molar-refractivity contribution in [2.45, 2.75) is 57.5 Å². The molecular weight excluding hydrogens is 554 g/mol. The summed E-state index contributed by atoms with van der Waals surface area (Å²) in [6.45, 7) is 7.08. The lowest BCUT2D eigenvalue weighted by Gasteiger charge is -2.32. The first kappa shape index (κ1) is 32.5. The average molecular weight is 596 g/mol. The van der Waals surface area contributed by atoms with Crippen molar-refractivity contribution in [3.05, 3.63) is 83.9 Å². The molecule has 0 saturated heterocycles. The second kappa shape index (κ2) is 14.7. The SMILES string of the molecule is CC[C@@H](C)NC(=O)[C@@H](C)N(CCc1ccccc1)C(=O)CN(c1ccc(OC)c(OC)c1)S(=O)(=O)c1ccc(C)cc1. The summed E-state index contributed by atoms with van der Waals surface area (Å²) in [5.74, 6) is -0.0816. The Kier molecular flexibility index (Phi) is 11.4. The Hall–Kier alpha value is -4.05. The smallest absolute Gasteiger partial charge is 0.264 e. The maximum atomic E-state index is 14.0. The Morgan fingerprint density at radius 3 is 2.14 bits per heavy atom. The zero-order valence-electron chi connectivity index (χ0n) is 25.2. The number of amides is 2. The van der Waals surface area contributed by atoms with E-state index in [-0.39, 0.29) is 29.1 Å². The molecule has 0 aliphatic heterocycles. The summed E-state index contributed by atoms with van der Waals surface area (Å²) in [4.78, 5) is 28.7. The summed E-state index contributed by atoms with van der Waals surface area (Å²) in [7, 11) is -1.25. The Bertz CT molecular complexity index is 1440. The molecule has 0 unspecified atom stereocenters. The monoisotopic (exact) mass is 595 g/mol. The summed E-state index contributed by atoms with van der Waals surface area (Å²) in [6.07, 6.45) is 1.23. The van der Waals surface area contributed by atoms with Crippen LogP contribution in [0.5, 0.6) is 11.5 Å². The van der Waals surface area contributed by atoms with Crippen LogP contribution in [0.1, 0.15) is 38.3 Å². The number of nitrogens with zero attached hydrogens (tertiary/aromatic N) is 2. The van der Waals surface area contributed by atoms with Gasteiger partial charge in [-0.05, 0) is 63.4 Å². The van der Waals surface area contributed by atoms with E-state index in [4.69, 9.17) is 9.47 Å². The summed E-state index contributed by atoms with van der Waals surface area (Å²) < 4.78 is 39.9. The van der Waals surface area contributed by atoms with Gasteiger partial charge in [0.1, 0.15) is 12.6 Å². The number of rotatable bonds is 14. The second-order valence-corrected chi connectivity index (χ2v) is 12.0. The first-order valence-corrected chi connectivity index (χ1v) is 15.4. The van der Waals surface area contributed by atoms with Gasteiger partial charge >= 0.3 is 0 Å². The maximum Gasteiger partial charge on any atom is 0.264 e. The molecule has 10 heteroatoms. The molecule has 0 aliphatic carbocycles. The van der Waals surface area contributed by atoms with E-state index < -0.39 is 28.5 Å². The highest BCUT2D eigenvalue weighted by Gasteiger charge is 2.33. The van der Waals surface area contributed by atoms with Gasteiger partial charge in [-0.2, -0.15) is 0 Å². The van der Waals surface area contributed by atoms with E-state index in [2.05, 4.69) is 5.32 Å². The first-order valence-electron chi connectivity index (χ1n) is 14.0. The van der Waals surface area contributed by atoms with Gasteiger partial charge < -0.3 is 19.7 Å². The van der Waals surface area contributed by atoms with E-state index in [9.17, 15) is 18.0 Å². The fourth-order valence-corrected chi connectivity index (χ4v) is 5.79. The standard InChI is InChI=1S/C32H41N3O6S/c1-7-24(3)33-32(37)25(4)34(20-19-26-11-9-8-10-12-26)31(36)22-35(27-15-18-29(40-5)30(21-27)41-6)42(38,39)28-16-13-23(2)14-17-28/h8-18,21,24-25H,7,19-20,22H2,1-6H3,(H,33,37)/t24-,25-/m1/s1. The van der Waals surface area contributed by atoms with Crippen molar-refractivity contribution >= 4 is 27.5 Å². The highest BCUT2D eigenvalue weighted by atomic mass is 32.2. The molecule has 2 amide bonds. The van der Waals surface area contributed by atoms with Gasteiger partial charge in [0.2, 0.25) is 11.8 Å². The Morgan fingerprint density at radius 2 is 1.55 bits per heavy atom. The van der Waals surface area contributed by atoms with Gasteiger partial charge in [0.05, 0.1) is 24.8 Å². The average Bonchev–Trinajstić information content (AvgIpc) is 2.99. The van der Waals surface area contributed by atoms with Gasteiger partial charge in [0.25, 0.3) is 10.0 Å². The predicted molar refractivity (Wildman–Crippen MR) is 164 cm³/mol. The molecule has 3 aromatic rings. The Labute approximate surface area is 249 Å². The molecule has 0 fully saturated rings. The number of ether oxygens (including phenoxy) is 2. The van der Waals surface area contributed by atoms with E-state index >= 15 is 0 Å². The molecule has 2 atom stereocenters. The number of sulfonamides is 1. The van der Waals surface area contributed by atoms with Crippen LogP contribution in [0.25, 0.3) is 0 Å². The van der Waals surface area contributed by atoms with Gasteiger partial charge in [-0.25, -0.2) is 8.42 Å². The van der Waals surface area contributed by atoms with E-state index in [0.29, 0.717) is 17.9 Å². The first-order chi connectivity index (χ1) is 20.0. The molecule has 0 radical (unpaired) electrons. The van der Waals surface area contributed by atoms with Crippen molar-refractivity contribution in [3.8, 4) is 11.5 Å². The zero-order chi connectivity index (χ0) is 30.9. The van der Waals surface area contributed by atoms with Gasteiger partial charge in [-0.3, -0.25) is 13.9 Å². The van der Waals surface area contributed by atoms with Crippen LogP contribution in [0, 0.1) is 6.92 Å². The number of benzene rings is 3. The minimum Gasteiger partial charge on any atom is -0.493 e. The van der Waals surface area contributed by atoms with Crippen LogP contribution in [-0.4, -0.2) is 64.5 Å². The van der Waals surface area contributed by atoms with Gasteiger partial charge in [0.15, 0.2) is 11.5 Å². The molecule has 0 aromatic heterocycles. The van der Waals surface area contributed by atoms with Crippen LogP contribution in [-0.2, 0) is 26.0 Å². The molecular formula is C32H41N3O6S. The van der Waals surface area contributed by atoms with Crippen molar-refractivity contribution in [3.63, 3.8) is 0 Å². The summed E-state index contributed by atoms with van der Waals surface area (Å²) in [5.41, 5.74) is 2.12. The number of hydrogen-bond acceptors (Lipinski definition) is 6. The topological polar surface area (TPSA) is 105 Å². The molecule has 0 aliphatic rings. The number of aryl methyl sites for hydroxylation is 1. The third-order valence-corrected chi connectivity index (χ3v) is 8.98. The minimum atomic E-state index is -4.19. The molecule has 0 spiro atoms. The highest BCUT2D eigenvalue weighted by molar-refractivity contribution is 7.92. The van der Waals surface area contributed by atoms with Gasteiger partial charge in [-0.15, -0.1) is 0 Å². The molecule has 1 N–H and O–H groups in total. The molecule has 0 saturated carbocycles. The van der Waals surface area contributed by atoms with Crippen molar-refractivity contribution < 1.29 is 27.5 Å². The van der Waals surface area contributed by atoms with E-state index in [1.807, 2.05) is 51.1 Å². The Balaban J connectivity index is 2.03. The third-order valence-electron chi connectivity index (χ3n) is 7.20. The largest absolute Gasteiger partial charge is 0.493 e. The summed E-state index contributed by atoms with van der Waals surface area (Å²) >= 11 is 0. The number of anilines is 1. The zero-order valence-corrected chi connectivity index (χ0v) is 26.0. The summed E-state index contributed by atoms with van der Waals surface area (Å²) in [5, 5.41) is 2.94. The number of carbonyl (C=O) groups is 2. The molecule has 3 aromatic carbocycles. The minimum absolute atomic E-state index is 0.0362. The van der Waals surface area contributed by atoms with Crippen LogP contribution >= 0.6 is 0 Å².